The molecule has 0 heteroatoms. The van der Waals surface area contributed by atoms with Crippen LogP contribution in [0.25, 0.3) is 43.8 Å². The highest BCUT2D eigenvalue weighted by atomic mass is 14.2. The molecule has 0 atom stereocenters. The summed E-state index contributed by atoms with van der Waals surface area (Å²) in [5.74, 6) is 0. The van der Waals surface area contributed by atoms with Gasteiger partial charge in [-0.15, -0.1) is 0 Å². The highest BCUT2D eigenvalue weighted by molar-refractivity contribution is 6.02. The Balaban J connectivity index is 1.54. The summed E-state index contributed by atoms with van der Waals surface area (Å²) in [6.45, 7) is 0. The van der Waals surface area contributed by atoms with E-state index in [2.05, 4.69) is 97.1 Å². The molecule has 0 nitrogen and oxygen atoms in total. The van der Waals surface area contributed by atoms with E-state index < -0.39 is 0 Å². The molecule has 0 fully saturated rings. The molecule has 126 valence electrons. The Labute approximate surface area is 158 Å². The third-order valence-electron chi connectivity index (χ3n) is 5.86. The number of fused-ring (bicyclic) bond motifs is 6. The van der Waals surface area contributed by atoms with Crippen molar-refractivity contribution in [3.63, 3.8) is 0 Å². The fraction of sp³-hybridized carbons (Fsp3) is 0.0370. The van der Waals surface area contributed by atoms with Crippen molar-refractivity contribution in [2.24, 2.45) is 0 Å². The van der Waals surface area contributed by atoms with Crippen molar-refractivity contribution >= 4 is 21.5 Å². The van der Waals surface area contributed by atoms with Crippen LogP contribution in [0, 0.1) is 0 Å². The summed E-state index contributed by atoms with van der Waals surface area (Å²) in [5, 5.41) is 5.26. The average Bonchev–Trinajstić information content (AvgIpc) is 3.12. The predicted octanol–water partition coefficient (Wildman–Crippen LogP) is 7.23. The molecular formula is C27H18. The summed E-state index contributed by atoms with van der Waals surface area (Å²) >= 11 is 0. The lowest BCUT2D eigenvalue weighted by atomic mass is 9.94. The minimum absolute atomic E-state index is 1.05. The van der Waals surface area contributed by atoms with Crippen molar-refractivity contribution in [2.75, 3.05) is 0 Å². The summed E-state index contributed by atoms with van der Waals surface area (Å²) in [6.07, 6.45) is 1.05. The second-order valence-electron chi connectivity index (χ2n) is 7.43. The lowest BCUT2D eigenvalue weighted by molar-refractivity contribution is 1.27. The van der Waals surface area contributed by atoms with Gasteiger partial charge in [-0.1, -0.05) is 84.9 Å². The minimum Gasteiger partial charge on any atom is -0.0619 e. The number of hydrogen-bond acceptors (Lipinski definition) is 0. The zero-order valence-corrected chi connectivity index (χ0v) is 14.9. The first kappa shape index (κ1) is 14.8. The molecule has 5 aromatic carbocycles. The van der Waals surface area contributed by atoms with Gasteiger partial charge in [-0.25, -0.2) is 0 Å². The fourth-order valence-electron chi connectivity index (χ4n) is 4.51. The summed E-state index contributed by atoms with van der Waals surface area (Å²) in [4.78, 5) is 0. The van der Waals surface area contributed by atoms with Crippen LogP contribution < -0.4 is 0 Å². The highest BCUT2D eigenvalue weighted by Crippen LogP contribution is 2.42. The maximum Gasteiger partial charge on any atom is -0.00132 e. The summed E-state index contributed by atoms with van der Waals surface area (Å²) in [6, 6.07) is 35.6. The van der Waals surface area contributed by atoms with Crippen molar-refractivity contribution in [3.8, 4) is 22.3 Å². The van der Waals surface area contributed by atoms with Crippen LogP contribution in [0.15, 0.2) is 97.1 Å². The van der Waals surface area contributed by atoms with E-state index in [1.165, 1.54) is 54.9 Å². The number of rotatable bonds is 1. The van der Waals surface area contributed by atoms with Gasteiger partial charge in [-0.05, 0) is 73.5 Å². The molecule has 6 rings (SSSR count). The Morgan fingerprint density at radius 2 is 1.19 bits per heavy atom. The van der Waals surface area contributed by atoms with E-state index >= 15 is 0 Å². The van der Waals surface area contributed by atoms with E-state index in [0.29, 0.717) is 0 Å². The summed E-state index contributed by atoms with van der Waals surface area (Å²) in [5.41, 5.74) is 8.27. The standard InChI is InChI=1S/C27H18/c1-2-6-19-15-20(10-9-18(19)5-1)21-13-14-26-23(16-21)11-12-24-17-22-7-3-4-8-25(22)27(24)26/h1-16H,17H2. The maximum atomic E-state index is 2.33. The van der Waals surface area contributed by atoms with Crippen molar-refractivity contribution in [1.82, 2.24) is 0 Å². The van der Waals surface area contributed by atoms with Crippen LogP contribution in [-0.4, -0.2) is 0 Å². The highest BCUT2D eigenvalue weighted by Gasteiger charge is 2.20. The van der Waals surface area contributed by atoms with Crippen LogP contribution in [0.5, 0.6) is 0 Å². The summed E-state index contributed by atoms with van der Waals surface area (Å²) in [7, 11) is 0. The molecule has 27 heavy (non-hydrogen) atoms. The van der Waals surface area contributed by atoms with Gasteiger partial charge in [0.05, 0.1) is 0 Å². The fourth-order valence-corrected chi connectivity index (χ4v) is 4.51. The van der Waals surface area contributed by atoms with E-state index in [1.54, 1.807) is 0 Å². The first-order valence-electron chi connectivity index (χ1n) is 9.50. The molecule has 1 aliphatic carbocycles. The molecule has 1 aliphatic rings. The zero-order chi connectivity index (χ0) is 17.8. The maximum absolute atomic E-state index is 2.33. The Morgan fingerprint density at radius 1 is 0.481 bits per heavy atom. The molecule has 0 spiro atoms. The van der Waals surface area contributed by atoms with Crippen molar-refractivity contribution in [3.05, 3.63) is 108 Å². The lowest BCUT2D eigenvalue weighted by Crippen LogP contribution is -1.85. The molecule has 0 bridgehead atoms. The zero-order valence-electron chi connectivity index (χ0n) is 14.9. The van der Waals surface area contributed by atoms with Gasteiger partial charge in [0.1, 0.15) is 0 Å². The van der Waals surface area contributed by atoms with Crippen LogP contribution in [-0.2, 0) is 6.42 Å². The van der Waals surface area contributed by atoms with E-state index in [9.17, 15) is 0 Å². The van der Waals surface area contributed by atoms with Gasteiger partial charge in [0.25, 0.3) is 0 Å². The van der Waals surface area contributed by atoms with Gasteiger partial charge in [-0.2, -0.15) is 0 Å². The molecule has 0 amide bonds. The van der Waals surface area contributed by atoms with Gasteiger partial charge in [0.2, 0.25) is 0 Å². The molecule has 0 aliphatic heterocycles. The Morgan fingerprint density at radius 3 is 2.11 bits per heavy atom. The van der Waals surface area contributed by atoms with Gasteiger partial charge in [0.15, 0.2) is 0 Å². The molecule has 0 heterocycles. The SMILES string of the molecule is c1ccc2c(c1)Cc1ccc3cc(-c4ccc5ccccc5c4)ccc3c1-2. The molecule has 0 saturated heterocycles. The smallest absolute Gasteiger partial charge is 0.00132 e. The first-order chi connectivity index (χ1) is 13.4. The average molecular weight is 342 g/mol. The van der Waals surface area contributed by atoms with Crippen molar-refractivity contribution in [2.45, 2.75) is 6.42 Å². The quantitative estimate of drug-likeness (QED) is 0.296. The normalized spacial score (nSPS) is 12.3. The Kier molecular flexibility index (Phi) is 3.04. The molecular weight excluding hydrogens is 324 g/mol. The van der Waals surface area contributed by atoms with Crippen molar-refractivity contribution in [1.29, 1.82) is 0 Å². The van der Waals surface area contributed by atoms with Crippen LogP contribution >= 0.6 is 0 Å². The van der Waals surface area contributed by atoms with Gasteiger partial charge in [-0.3, -0.25) is 0 Å². The minimum atomic E-state index is 1.05. The molecule has 0 N–H and O–H groups in total. The van der Waals surface area contributed by atoms with Crippen LogP contribution in [0.1, 0.15) is 11.1 Å². The Hall–Kier alpha value is -3.38. The molecule has 5 aromatic rings. The molecule has 0 saturated carbocycles. The largest absolute Gasteiger partial charge is 0.0619 e. The Bertz CT molecular complexity index is 1340. The molecule has 0 unspecified atom stereocenters. The third-order valence-corrected chi connectivity index (χ3v) is 5.86. The monoisotopic (exact) mass is 342 g/mol. The third kappa shape index (κ3) is 2.23. The van der Waals surface area contributed by atoms with Crippen LogP contribution in [0.4, 0.5) is 0 Å². The molecule has 0 radical (unpaired) electrons. The van der Waals surface area contributed by atoms with Crippen LogP contribution in [0.3, 0.4) is 0 Å². The molecule has 0 aromatic heterocycles. The first-order valence-corrected chi connectivity index (χ1v) is 9.50. The number of benzene rings is 5. The van der Waals surface area contributed by atoms with E-state index in [4.69, 9.17) is 0 Å². The van der Waals surface area contributed by atoms with Crippen molar-refractivity contribution < 1.29 is 0 Å². The van der Waals surface area contributed by atoms with E-state index in [1.807, 2.05) is 0 Å². The van der Waals surface area contributed by atoms with Crippen LogP contribution in [0.2, 0.25) is 0 Å². The van der Waals surface area contributed by atoms with Gasteiger partial charge in [0, 0.05) is 0 Å². The predicted molar refractivity (Wildman–Crippen MR) is 115 cm³/mol. The van der Waals surface area contributed by atoms with Gasteiger partial charge < -0.3 is 0 Å². The topological polar surface area (TPSA) is 0 Å². The van der Waals surface area contributed by atoms with E-state index in [0.717, 1.165) is 6.42 Å². The van der Waals surface area contributed by atoms with E-state index in [-0.39, 0.29) is 0 Å². The second-order valence-corrected chi connectivity index (χ2v) is 7.43. The summed E-state index contributed by atoms with van der Waals surface area (Å²) < 4.78 is 0. The lowest BCUT2D eigenvalue weighted by Gasteiger charge is -2.10. The number of hydrogen-bond donors (Lipinski definition) is 0. The van der Waals surface area contributed by atoms with Gasteiger partial charge >= 0.3 is 0 Å². The second kappa shape index (κ2) is 5.56.